The lowest BCUT2D eigenvalue weighted by molar-refractivity contribution is 0.0729. The number of aromatic amines is 1. The molecule has 0 radical (unpaired) electrons. The molecule has 3 aromatic carbocycles. The summed E-state index contributed by atoms with van der Waals surface area (Å²) in [4.78, 5) is 15.4. The summed E-state index contributed by atoms with van der Waals surface area (Å²) >= 11 is 6.40. The van der Waals surface area contributed by atoms with Crippen molar-refractivity contribution >= 4 is 17.5 Å². The number of rotatable bonds is 8. The summed E-state index contributed by atoms with van der Waals surface area (Å²) in [5, 5.41) is 18.6. The molecule has 5 rings (SSSR count). The third kappa shape index (κ3) is 4.98. The minimum atomic E-state index is -0.524. The van der Waals surface area contributed by atoms with E-state index >= 15 is 0 Å². The maximum Gasteiger partial charge on any atom is 0.273 e. The number of halogens is 2. The second-order valence-corrected chi connectivity index (χ2v) is 10.5. The first-order valence-electron chi connectivity index (χ1n) is 12.6. The van der Waals surface area contributed by atoms with Crippen molar-refractivity contribution < 1.29 is 19.0 Å². The van der Waals surface area contributed by atoms with Gasteiger partial charge in [-0.1, -0.05) is 49.7 Å². The Morgan fingerprint density at radius 3 is 2.66 bits per heavy atom. The molecule has 6 nitrogen and oxygen atoms in total. The molecule has 8 heteroatoms. The highest BCUT2D eigenvalue weighted by molar-refractivity contribution is 6.31. The van der Waals surface area contributed by atoms with Gasteiger partial charge in [0.2, 0.25) is 0 Å². The van der Waals surface area contributed by atoms with Crippen molar-refractivity contribution in [3.63, 3.8) is 0 Å². The van der Waals surface area contributed by atoms with Crippen LogP contribution in [-0.4, -0.2) is 32.7 Å². The molecule has 0 bridgehead atoms. The summed E-state index contributed by atoms with van der Waals surface area (Å²) < 4.78 is 19.6. The zero-order valence-corrected chi connectivity index (χ0v) is 22.2. The maximum absolute atomic E-state index is 13.7. The van der Waals surface area contributed by atoms with Gasteiger partial charge in [-0.2, -0.15) is 5.10 Å². The standard InChI is InChI=1S/C30H29ClFN3O3/c1-17(2)11-12-38-22-6-4-5-20(14-22)29-26-27(23-15-24(31)18(3)13-25(23)36)33-34-28(26)30(37)35(29)16-19-7-9-21(32)10-8-19/h4-10,13-15,17,29,36H,11-12,16H2,1-3H3,(H,33,34). The van der Waals surface area contributed by atoms with Crippen molar-refractivity contribution in [2.24, 2.45) is 5.92 Å². The molecule has 1 amide bonds. The number of hydrogen-bond donors (Lipinski definition) is 2. The number of amides is 1. The van der Waals surface area contributed by atoms with Crippen LogP contribution >= 0.6 is 11.6 Å². The van der Waals surface area contributed by atoms with E-state index in [9.17, 15) is 14.3 Å². The van der Waals surface area contributed by atoms with Gasteiger partial charge in [0.1, 0.15) is 28.7 Å². The summed E-state index contributed by atoms with van der Waals surface area (Å²) in [5.74, 6) is 0.665. The van der Waals surface area contributed by atoms with Gasteiger partial charge >= 0.3 is 0 Å². The lowest BCUT2D eigenvalue weighted by Gasteiger charge is -2.27. The summed E-state index contributed by atoms with van der Waals surface area (Å²) in [5.41, 5.74) is 4.23. The summed E-state index contributed by atoms with van der Waals surface area (Å²) in [7, 11) is 0. The Bertz CT molecular complexity index is 1480. The molecule has 1 aromatic heterocycles. The number of aryl methyl sites for hydroxylation is 1. The fraction of sp³-hybridized carbons (Fsp3) is 0.267. The van der Waals surface area contributed by atoms with Crippen molar-refractivity contribution in [3.8, 4) is 22.8 Å². The number of hydrogen-bond acceptors (Lipinski definition) is 4. The molecule has 0 aliphatic carbocycles. The molecule has 1 atom stereocenters. The highest BCUT2D eigenvalue weighted by Crippen LogP contribution is 2.46. The molecule has 0 saturated carbocycles. The number of nitrogens with zero attached hydrogens (tertiary/aromatic N) is 2. The topological polar surface area (TPSA) is 78.5 Å². The number of aromatic nitrogens is 2. The Labute approximate surface area is 226 Å². The van der Waals surface area contributed by atoms with Crippen LogP contribution in [0.4, 0.5) is 4.39 Å². The molecule has 0 spiro atoms. The van der Waals surface area contributed by atoms with Gasteiger partial charge in [-0.25, -0.2) is 4.39 Å². The van der Waals surface area contributed by atoms with Gasteiger partial charge in [-0.3, -0.25) is 9.89 Å². The quantitative estimate of drug-likeness (QED) is 0.254. The number of ether oxygens (including phenoxy) is 1. The molecule has 2 heterocycles. The number of fused-ring (bicyclic) bond motifs is 1. The van der Waals surface area contributed by atoms with Crippen molar-refractivity contribution in [3.05, 3.63) is 99.5 Å². The summed E-state index contributed by atoms with van der Waals surface area (Å²) in [6.45, 7) is 6.94. The van der Waals surface area contributed by atoms with E-state index in [2.05, 4.69) is 24.0 Å². The Hall–Kier alpha value is -3.84. The molecule has 0 fully saturated rings. The number of nitrogens with one attached hydrogen (secondary N) is 1. The molecule has 4 aromatic rings. The lowest BCUT2D eigenvalue weighted by Crippen LogP contribution is -2.29. The Morgan fingerprint density at radius 1 is 1.16 bits per heavy atom. The van der Waals surface area contributed by atoms with Gasteiger partial charge in [0, 0.05) is 22.7 Å². The van der Waals surface area contributed by atoms with Crippen LogP contribution in [0.25, 0.3) is 11.3 Å². The predicted octanol–water partition coefficient (Wildman–Crippen LogP) is 7.05. The molecule has 196 valence electrons. The van der Waals surface area contributed by atoms with Gasteiger partial charge in [0.15, 0.2) is 0 Å². The summed E-state index contributed by atoms with van der Waals surface area (Å²) in [6, 6.07) is 16.5. The van der Waals surface area contributed by atoms with E-state index in [0.717, 1.165) is 23.1 Å². The molecular formula is C30H29ClFN3O3. The first-order valence-corrected chi connectivity index (χ1v) is 13.0. The first-order chi connectivity index (χ1) is 18.2. The summed E-state index contributed by atoms with van der Waals surface area (Å²) in [6.07, 6.45) is 0.923. The molecule has 1 unspecified atom stereocenters. The molecule has 0 saturated heterocycles. The zero-order valence-electron chi connectivity index (χ0n) is 21.5. The van der Waals surface area contributed by atoms with Crippen molar-refractivity contribution in [2.45, 2.75) is 39.8 Å². The third-order valence-electron chi connectivity index (χ3n) is 6.80. The average molecular weight is 534 g/mol. The molecule has 1 aliphatic heterocycles. The second-order valence-electron chi connectivity index (χ2n) is 10.0. The number of carbonyl (C=O) groups excluding carboxylic acids is 1. The molecule has 1 aliphatic rings. The maximum atomic E-state index is 13.7. The highest BCUT2D eigenvalue weighted by atomic mass is 35.5. The third-order valence-corrected chi connectivity index (χ3v) is 7.21. The number of benzene rings is 3. The fourth-order valence-electron chi connectivity index (χ4n) is 4.74. The van der Waals surface area contributed by atoms with E-state index in [0.29, 0.717) is 45.8 Å². The van der Waals surface area contributed by atoms with Crippen LogP contribution in [0.5, 0.6) is 11.5 Å². The minimum Gasteiger partial charge on any atom is -0.507 e. The minimum absolute atomic E-state index is 0.0233. The Kier molecular flexibility index (Phi) is 7.13. The van der Waals surface area contributed by atoms with Crippen molar-refractivity contribution in [1.29, 1.82) is 0 Å². The molecule has 2 N–H and O–H groups in total. The van der Waals surface area contributed by atoms with E-state index in [1.165, 1.54) is 12.1 Å². The van der Waals surface area contributed by atoms with Crippen LogP contribution < -0.4 is 4.74 Å². The van der Waals surface area contributed by atoms with Gasteiger partial charge < -0.3 is 14.7 Å². The zero-order chi connectivity index (χ0) is 27.0. The van der Waals surface area contributed by atoms with E-state index in [1.54, 1.807) is 29.2 Å². The second kappa shape index (κ2) is 10.5. The smallest absolute Gasteiger partial charge is 0.273 e. The number of carbonyl (C=O) groups is 1. The average Bonchev–Trinajstić information content (AvgIpc) is 3.42. The number of H-pyrrole nitrogens is 1. The van der Waals surface area contributed by atoms with Crippen LogP contribution in [0.1, 0.15) is 59.1 Å². The van der Waals surface area contributed by atoms with Gasteiger partial charge in [-0.15, -0.1) is 0 Å². The lowest BCUT2D eigenvalue weighted by atomic mass is 9.95. The van der Waals surface area contributed by atoms with E-state index in [4.69, 9.17) is 16.3 Å². The largest absolute Gasteiger partial charge is 0.507 e. The number of phenolic OH excluding ortho intramolecular Hbond substituents is 1. The van der Waals surface area contributed by atoms with E-state index in [-0.39, 0.29) is 24.0 Å². The van der Waals surface area contributed by atoms with Gasteiger partial charge in [0.25, 0.3) is 5.91 Å². The van der Waals surface area contributed by atoms with Crippen LogP contribution in [0.15, 0.2) is 60.7 Å². The first kappa shape index (κ1) is 25.8. The SMILES string of the molecule is Cc1cc(O)c(-c2n[nH]c3c2C(c2cccc(OCCC(C)C)c2)N(Cc2ccc(F)cc2)C3=O)cc1Cl. The van der Waals surface area contributed by atoms with Crippen molar-refractivity contribution in [1.82, 2.24) is 15.1 Å². The van der Waals surface area contributed by atoms with Crippen molar-refractivity contribution in [2.75, 3.05) is 6.61 Å². The Morgan fingerprint density at radius 2 is 1.92 bits per heavy atom. The van der Waals surface area contributed by atoms with E-state index in [1.807, 2.05) is 31.2 Å². The van der Waals surface area contributed by atoms with Crippen LogP contribution in [0.2, 0.25) is 5.02 Å². The molecular weight excluding hydrogens is 505 g/mol. The van der Waals surface area contributed by atoms with Crippen LogP contribution in [0.3, 0.4) is 0 Å². The predicted molar refractivity (Wildman–Crippen MR) is 145 cm³/mol. The van der Waals surface area contributed by atoms with Crippen LogP contribution in [-0.2, 0) is 6.54 Å². The highest BCUT2D eigenvalue weighted by Gasteiger charge is 2.42. The van der Waals surface area contributed by atoms with Gasteiger partial charge in [0.05, 0.1) is 12.6 Å². The van der Waals surface area contributed by atoms with E-state index < -0.39 is 6.04 Å². The monoisotopic (exact) mass is 533 g/mol. The normalized spacial score (nSPS) is 14.8. The fourth-order valence-corrected chi connectivity index (χ4v) is 4.90. The Balaban J connectivity index is 1.60. The molecule has 38 heavy (non-hydrogen) atoms. The van der Waals surface area contributed by atoms with Gasteiger partial charge in [-0.05, 0) is 72.4 Å². The number of aromatic hydroxyl groups is 1. The number of phenols is 1. The van der Waals surface area contributed by atoms with Crippen LogP contribution in [0, 0.1) is 18.7 Å².